The van der Waals surface area contributed by atoms with Crippen LogP contribution in [0.25, 0.3) is 11.4 Å². The lowest BCUT2D eigenvalue weighted by atomic mass is 10.1. The van der Waals surface area contributed by atoms with Gasteiger partial charge in [0, 0.05) is 24.3 Å². The summed E-state index contributed by atoms with van der Waals surface area (Å²) in [4.78, 5) is 12.5. The maximum absolute atomic E-state index is 12.8. The highest BCUT2D eigenvalue weighted by molar-refractivity contribution is 7.99. The van der Waals surface area contributed by atoms with Crippen molar-refractivity contribution in [3.63, 3.8) is 0 Å². The van der Waals surface area contributed by atoms with Gasteiger partial charge in [-0.2, -0.15) is 4.31 Å². The number of sulfonamides is 1. The zero-order valence-corrected chi connectivity index (χ0v) is 20.7. The largest absolute Gasteiger partial charge is 0.335 e. The van der Waals surface area contributed by atoms with Crippen LogP contribution in [0.1, 0.15) is 25.0 Å². The van der Waals surface area contributed by atoms with Gasteiger partial charge >= 0.3 is 0 Å². The number of nitrogens with zero attached hydrogens (tertiary/aromatic N) is 4. The Morgan fingerprint density at radius 2 is 1.85 bits per heavy atom. The number of aryl methyl sites for hydroxylation is 2. The molecule has 11 heteroatoms. The third-order valence-electron chi connectivity index (χ3n) is 5.09. The average Bonchev–Trinajstić information content (AvgIpc) is 3.15. The number of nitrogen functional groups attached to an aromatic ring is 1. The first-order valence-electron chi connectivity index (χ1n) is 10.5. The van der Waals surface area contributed by atoms with E-state index in [0.29, 0.717) is 29.6 Å². The smallest absolute Gasteiger partial charge is 0.243 e. The van der Waals surface area contributed by atoms with Gasteiger partial charge in [0.05, 0.1) is 10.6 Å². The van der Waals surface area contributed by atoms with Gasteiger partial charge < -0.3 is 11.2 Å². The molecule has 0 radical (unpaired) electrons. The highest BCUT2D eigenvalue weighted by Gasteiger charge is 2.23. The van der Waals surface area contributed by atoms with Crippen LogP contribution in [0.15, 0.2) is 52.5 Å². The molecule has 0 fully saturated rings. The van der Waals surface area contributed by atoms with Crippen LogP contribution in [0.4, 0.5) is 5.69 Å². The molecule has 0 aliphatic carbocycles. The zero-order chi connectivity index (χ0) is 24.2. The monoisotopic (exact) mass is 488 g/mol. The number of aromatic nitrogens is 3. The van der Waals surface area contributed by atoms with Crippen molar-refractivity contribution in [2.24, 2.45) is 0 Å². The van der Waals surface area contributed by atoms with Crippen molar-refractivity contribution in [1.29, 1.82) is 0 Å². The summed E-state index contributed by atoms with van der Waals surface area (Å²) in [7, 11) is -3.62. The maximum atomic E-state index is 12.8. The van der Waals surface area contributed by atoms with E-state index in [1.165, 1.54) is 15.0 Å². The van der Waals surface area contributed by atoms with Gasteiger partial charge in [-0.3, -0.25) is 4.79 Å². The van der Waals surface area contributed by atoms with Crippen LogP contribution < -0.4 is 11.2 Å². The molecule has 3 aromatic rings. The molecule has 0 aliphatic heterocycles. The van der Waals surface area contributed by atoms with E-state index < -0.39 is 10.0 Å². The second-order valence-corrected chi connectivity index (χ2v) is 10.3. The normalized spacial score (nSPS) is 11.7. The van der Waals surface area contributed by atoms with Crippen molar-refractivity contribution in [2.45, 2.75) is 37.7 Å². The summed E-state index contributed by atoms with van der Waals surface area (Å²) >= 11 is 1.15. The van der Waals surface area contributed by atoms with Crippen molar-refractivity contribution < 1.29 is 13.2 Å². The Bertz CT molecular complexity index is 1250. The van der Waals surface area contributed by atoms with Crippen LogP contribution >= 0.6 is 11.8 Å². The highest BCUT2D eigenvalue weighted by atomic mass is 32.2. The molecule has 33 heavy (non-hydrogen) atoms. The topological polar surface area (TPSA) is 123 Å². The number of hydrogen-bond acceptors (Lipinski definition) is 7. The molecule has 1 heterocycles. The van der Waals surface area contributed by atoms with Crippen LogP contribution in [0, 0.1) is 13.8 Å². The van der Waals surface area contributed by atoms with Crippen molar-refractivity contribution >= 4 is 33.4 Å². The summed E-state index contributed by atoms with van der Waals surface area (Å²) in [5.74, 6) is 6.38. The number of nitrogens with two attached hydrogens (primary N) is 1. The molecule has 0 unspecified atom stereocenters. The lowest BCUT2D eigenvalue weighted by Crippen LogP contribution is -2.30. The van der Waals surface area contributed by atoms with Gasteiger partial charge in [0.25, 0.3) is 0 Å². The number of nitrogens with one attached hydrogen (secondary N) is 1. The van der Waals surface area contributed by atoms with E-state index in [0.717, 1.165) is 28.6 Å². The SMILES string of the molecule is CCN(CC)S(=O)(=O)c1cccc(-c2nnc(SCC(=O)Nc3ccc(C)cc3C)n2N)c1. The van der Waals surface area contributed by atoms with Crippen molar-refractivity contribution in [2.75, 3.05) is 30.0 Å². The Morgan fingerprint density at radius 3 is 2.52 bits per heavy atom. The van der Waals surface area contributed by atoms with E-state index >= 15 is 0 Å². The molecule has 0 saturated heterocycles. The summed E-state index contributed by atoms with van der Waals surface area (Å²) < 4.78 is 28.3. The molecule has 3 rings (SSSR count). The lowest BCUT2D eigenvalue weighted by molar-refractivity contribution is -0.113. The van der Waals surface area contributed by atoms with Gasteiger partial charge in [0.15, 0.2) is 5.82 Å². The number of rotatable bonds is 9. The Kier molecular flexibility index (Phi) is 7.77. The molecule has 0 spiro atoms. The van der Waals surface area contributed by atoms with Crippen molar-refractivity contribution in [3.8, 4) is 11.4 Å². The zero-order valence-electron chi connectivity index (χ0n) is 19.1. The fourth-order valence-corrected chi connectivity index (χ4v) is 5.51. The first kappa shape index (κ1) is 24.7. The third kappa shape index (κ3) is 5.55. The molecule has 0 atom stereocenters. The molecule has 176 valence electrons. The minimum absolute atomic E-state index is 0.0963. The first-order valence-corrected chi connectivity index (χ1v) is 12.9. The quantitative estimate of drug-likeness (QED) is 0.350. The van der Waals surface area contributed by atoms with Crippen molar-refractivity contribution in [1.82, 2.24) is 19.2 Å². The van der Waals surface area contributed by atoms with E-state index in [9.17, 15) is 13.2 Å². The molecule has 0 aliphatic rings. The van der Waals surface area contributed by atoms with E-state index in [-0.39, 0.29) is 16.6 Å². The molecular formula is C22H28N6O3S2. The lowest BCUT2D eigenvalue weighted by Gasteiger charge is -2.18. The second kappa shape index (κ2) is 10.4. The minimum atomic E-state index is -3.62. The predicted molar refractivity (Wildman–Crippen MR) is 131 cm³/mol. The molecule has 2 aromatic carbocycles. The van der Waals surface area contributed by atoms with Gasteiger partial charge in [0.1, 0.15) is 0 Å². The summed E-state index contributed by atoms with van der Waals surface area (Å²) in [6.45, 7) is 8.27. The van der Waals surface area contributed by atoms with Crippen molar-refractivity contribution in [3.05, 3.63) is 53.6 Å². The third-order valence-corrected chi connectivity index (χ3v) is 8.08. The van der Waals surface area contributed by atoms with Gasteiger partial charge in [-0.1, -0.05) is 55.4 Å². The van der Waals surface area contributed by atoms with Gasteiger partial charge in [0.2, 0.25) is 21.1 Å². The van der Waals surface area contributed by atoms with E-state index in [1.807, 2.05) is 32.0 Å². The van der Waals surface area contributed by atoms with Crippen LogP contribution in [0.3, 0.4) is 0 Å². The van der Waals surface area contributed by atoms with Gasteiger partial charge in [-0.25, -0.2) is 13.1 Å². The summed E-state index contributed by atoms with van der Waals surface area (Å²) in [6, 6.07) is 12.2. The number of hydrogen-bond donors (Lipinski definition) is 2. The number of amides is 1. The van der Waals surface area contributed by atoms with Crippen LogP contribution in [-0.2, 0) is 14.8 Å². The molecule has 1 aromatic heterocycles. The molecule has 1 amide bonds. The van der Waals surface area contributed by atoms with Gasteiger partial charge in [-0.05, 0) is 37.6 Å². The summed E-state index contributed by atoms with van der Waals surface area (Å²) in [6.07, 6.45) is 0. The Labute approximate surface area is 198 Å². The number of thioether (sulfide) groups is 1. The molecule has 9 nitrogen and oxygen atoms in total. The minimum Gasteiger partial charge on any atom is -0.335 e. The van der Waals surface area contributed by atoms with E-state index in [2.05, 4.69) is 15.5 Å². The number of benzene rings is 2. The average molecular weight is 489 g/mol. The van der Waals surface area contributed by atoms with Crippen LogP contribution in [0.2, 0.25) is 0 Å². The number of carbonyl (C=O) groups excluding carboxylic acids is 1. The first-order chi connectivity index (χ1) is 15.7. The van der Waals surface area contributed by atoms with Gasteiger partial charge in [-0.15, -0.1) is 10.2 Å². The Morgan fingerprint density at radius 1 is 1.12 bits per heavy atom. The van der Waals surface area contributed by atoms with E-state index in [4.69, 9.17) is 5.84 Å². The second-order valence-electron chi connectivity index (χ2n) is 7.45. The fourth-order valence-electron chi connectivity index (χ4n) is 3.35. The number of anilines is 1. The van der Waals surface area contributed by atoms with Crippen LogP contribution in [0.5, 0.6) is 0 Å². The molecule has 0 saturated carbocycles. The van der Waals surface area contributed by atoms with Crippen LogP contribution in [-0.4, -0.2) is 52.3 Å². The summed E-state index contributed by atoms with van der Waals surface area (Å²) in [5, 5.41) is 11.4. The fraction of sp³-hybridized carbons (Fsp3) is 0.318. The van der Waals surface area contributed by atoms with E-state index in [1.54, 1.807) is 32.0 Å². The molecular weight excluding hydrogens is 460 g/mol. The standard InChI is InChI=1S/C22H28N6O3S2/c1-5-27(6-2)33(30,31)18-9-7-8-17(13-18)21-25-26-22(28(21)23)32-14-20(29)24-19-11-10-15(3)12-16(19)4/h7-13H,5-6,14,23H2,1-4H3,(H,24,29). The number of carbonyl (C=O) groups is 1. The predicted octanol–water partition coefficient (Wildman–Crippen LogP) is 3.04. The molecule has 3 N–H and O–H groups in total. The summed E-state index contributed by atoms with van der Waals surface area (Å²) in [5.41, 5.74) is 3.38. The Hall–Kier alpha value is -2.89. The Balaban J connectivity index is 1.74. The highest BCUT2D eigenvalue weighted by Crippen LogP contribution is 2.25. The maximum Gasteiger partial charge on any atom is 0.243 e. The molecule has 0 bridgehead atoms.